The standard InChI is InChI=1S/C23H16F2O2/c1-26-20-12-6-16(7-13-20)22-14-21(15-2-8-18(24)9-3-15)23(27-22)17-4-10-19(25)11-5-17/h2-14H,1H3. The van der Waals surface area contributed by atoms with Crippen LogP contribution in [-0.2, 0) is 0 Å². The van der Waals surface area contributed by atoms with E-state index in [-0.39, 0.29) is 11.6 Å². The van der Waals surface area contributed by atoms with Crippen molar-refractivity contribution in [1.29, 1.82) is 0 Å². The Bertz CT molecular complexity index is 984. The molecule has 4 rings (SSSR count). The Balaban J connectivity index is 1.85. The molecular formula is C23H16F2O2. The van der Waals surface area contributed by atoms with E-state index in [9.17, 15) is 8.78 Å². The lowest BCUT2D eigenvalue weighted by Gasteiger charge is -2.03. The van der Waals surface area contributed by atoms with Crippen LogP contribution in [0.2, 0.25) is 0 Å². The van der Waals surface area contributed by atoms with Crippen molar-refractivity contribution in [1.82, 2.24) is 0 Å². The molecule has 3 aromatic carbocycles. The molecule has 134 valence electrons. The van der Waals surface area contributed by atoms with Gasteiger partial charge in [0.2, 0.25) is 0 Å². The smallest absolute Gasteiger partial charge is 0.142 e. The molecule has 0 aliphatic rings. The molecule has 0 saturated heterocycles. The van der Waals surface area contributed by atoms with Crippen LogP contribution in [-0.4, -0.2) is 7.11 Å². The van der Waals surface area contributed by atoms with E-state index in [1.807, 2.05) is 30.3 Å². The lowest BCUT2D eigenvalue weighted by Crippen LogP contribution is -1.82. The molecule has 27 heavy (non-hydrogen) atoms. The van der Waals surface area contributed by atoms with Crippen LogP contribution in [0, 0.1) is 11.6 Å². The Hall–Kier alpha value is -3.40. The fourth-order valence-electron chi connectivity index (χ4n) is 2.95. The predicted molar refractivity (Wildman–Crippen MR) is 101 cm³/mol. The van der Waals surface area contributed by atoms with Gasteiger partial charge in [-0.05, 0) is 72.3 Å². The Morgan fingerprint density at radius 2 is 1.19 bits per heavy atom. The van der Waals surface area contributed by atoms with Crippen LogP contribution in [0.5, 0.6) is 5.75 Å². The number of halogens is 2. The molecule has 0 aliphatic heterocycles. The van der Waals surface area contributed by atoms with Crippen molar-refractivity contribution in [3.05, 3.63) is 90.5 Å². The average molecular weight is 362 g/mol. The van der Waals surface area contributed by atoms with Gasteiger partial charge in [0.1, 0.15) is 28.9 Å². The minimum absolute atomic E-state index is 0.305. The van der Waals surface area contributed by atoms with Gasteiger partial charge in [0, 0.05) is 16.7 Å². The number of furan rings is 1. The van der Waals surface area contributed by atoms with Gasteiger partial charge in [-0.1, -0.05) is 12.1 Å². The third-order valence-electron chi connectivity index (χ3n) is 4.37. The molecule has 2 nitrogen and oxygen atoms in total. The van der Waals surface area contributed by atoms with Crippen LogP contribution in [0.1, 0.15) is 0 Å². The summed E-state index contributed by atoms with van der Waals surface area (Å²) in [6.07, 6.45) is 0. The number of hydrogen-bond acceptors (Lipinski definition) is 2. The monoisotopic (exact) mass is 362 g/mol. The van der Waals surface area contributed by atoms with Crippen LogP contribution < -0.4 is 4.74 Å². The highest BCUT2D eigenvalue weighted by atomic mass is 19.1. The Kier molecular flexibility index (Phi) is 4.47. The maximum atomic E-state index is 13.3. The van der Waals surface area contributed by atoms with Crippen LogP contribution in [0.3, 0.4) is 0 Å². The fraction of sp³-hybridized carbons (Fsp3) is 0.0435. The molecule has 4 heteroatoms. The van der Waals surface area contributed by atoms with Gasteiger partial charge in [0.15, 0.2) is 0 Å². The molecule has 1 aromatic heterocycles. The fourth-order valence-corrected chi connectivity index (χ4v) is 2.95. The van der Waals surface area contributed by atoms with Crippen molar-refractivity contribution < 1.29 is 17.9 Å². The minimum Gasteiger partial charge on any atom is -0.497 e. The molecule has 0 spiro atoms. The molecule has 0 amide bonds. The Morgan fingerprint density at radius 3 is 1.74 bits per heavy atom. The first kappa shape index (κ1) is 17.0. The lowest BCUT2D eigenvalue weighted by atomic mass is 10.0. The SMILES string of the molecule is COc1ccc(-c2cc(-c3ccc(F)cc3)c(-c3ccc(F)cc3)o2)cc1. The molecule has 4 aromatic rings. The van der Waals surface area contributed by atoms with Crippen LogP contribution >= 0.6 is 0 Å². The van der Waals surface area contributed by atoms with Crippen LogP contribution in [0.15, 0.2) is 83.3 Å². The zero-order valence-corrected chi connectivity index (χ0v) is 14.6. The summed E-state index contributed by atoms with van der Waals surface area (Å²) in [4.78, 5) is 0. The maximum absolute atomic E-state index is 13.3. The van der Waals surface area contributed by atoms with Gasteiger partial charge in [0.05, 0.1) is 7.11 Å². The second-order valence-corrected chi connectivity index (χ2v) is 6.10. The van der Waals surface area contributed by atoms with E-state index in [0.29, 0.717) is 11.5 Å². The number of benzene rings is 3. The average Bonchev–Trinajstić information content (AvgIpc) is 3.14. The zero-order valence-electron chi connectivity index (χ0n) is 14.6. The van der Waals surface area contributed by atoms with Gasteiger partial charge in [0.25, 0.3) is 0 Å². The summed E-state index contributed by atoms with van der Waals surface area (Å²) in [5.41, 5.74) is 3.26. The van der Waals surface area contributed by atoms with Crippen molar-refractivity contribution in [2.24, 2.45) is 0 Å². The second-order valence-electron chi connectivity index (χ2n) is 6.10. The highest BCUT2D eigenvalue weighted by Gasteiger charge is 2.16. The predicted octanol–water partition coefficient (Wildman–Crippen LogP) is 6.57. The Morgan fingerprint density at radius 1 is 0.667 bits per heavy atom. The lowest BCUT2D eigenvalue weighted by molar-refractivity contribution is 0.415. The quantitative estimate of drug-likeness (QED) is 0.410. The van der Waals surface area contributed by atoms with E-state index < -0.39 is 0 Å². The van der Waals surface area contributed by atoms with E-state index >= 15 is 0 Å². The van der Waals surface area contributed by atoms with Crippen molar-refractivity contribution in [3.8, 4) is 39.5 Å². The van der Waals surface area contributed by atoms with Crippen LogP contribution in [0.25, 0.3) is 33.8 Å². The largest absolute Gasteiger partial charge is 0.497 e. The Labute approximate surface area is 155 Å². The molecule has 0 N–H and O–H groups in total. The zero-order chi connectivity index (χ0) is 18.8. The first-order chi connectivity index (χ1) is 13.1. The third-order valence-corrected chi connectivity index (χ3v) is 4.37. The summed E-state index contributed by atoms with van der Waals surface area (Å²) in [5, 5.41) is 0. The van der Waals surface area contributed by atoms with Gasteiger partial charge in [-0.15, -0.1) is 0 Å². The first-order valence-corrected chi connectivity index (χ1v) is 8.44. The summed E-state index contributed by atoms with van der Waals surface area (Å²) in [6.45, 7) is 0. The molecule has 0 saturated carbocycles. The maximum Gasteiger partial charge on any atom is 0.142 e. The summed E-state index contributed by atoms with van der Waals surface area (Å²) in [5.74, 6) is 1.40. The molecular weight excluding hydrogens is 346 g/mol. The van der Waals surface area contributed by atoms with E-state index in [0.717, 1.165) is 28.0 Å². The molecule has 0 bridgehead atoms. The number of ether oxygens (including phenoxy) is 1. The van der Waals surface area contributed by atoms with E-state index in [2.05, 4.69) is 0 Å². The highest BCUT2D eigenvalue weighted by Crippen LogP contribution is 2.39. The van der Waals surface area contributed by atoms with E-state index in [1.165, 1.54) is 24.3 Å². The summed E-state index contributed by atoms with van der Waals surface area (Å²) in [7, 11) is 1.61. The minimum atomic E-state index is -0.316. The van der Waals surface area contributed by atoms with Crippen LogP contribution in [0.4, 0.5) is 8.78 Å². The third kappa shape index (κ3) is 3.47. The van der Waals surface area contributed by atoms with Gasteiger partial charge < -0.3 is 9.15 Å². The van der Waals surface area contributed by atoms with Crippen molar-refractivity contribution in [3.63, 3.8) is 0 Å². The van der Waals surface area contributed by atoms with Gasteiger partial charge in [-0.25, -0.2) is 8.78 Å². The van der Waals surface area contributed by atoms with Gasteiger partial charge >= 0.3 is 0 Å². The van der Waals surface area contributed by atoms with Crippen molar-refractivity contribution in [2.45, 2.75) is 0 Å². The highest BCUT2D eigenvalue weighted by molar-refractivity contribution is 5.83. The number of methoxy groups -OCH3 is 1. The summed E-state index contributed by atoms with van der Waals surface area (Å²) in [6, 6.07) is 21.7. The van der Waals surface area contributed by atoms with Gasteiger partial charge in [-0.3, -0.25) is 0 Å². The van der Waals surface area contributed by atoms with Gasteiger partial charge in [-0.2, -0.15) is 0 Å². The molecule has 0 atom stereocenters. The molecule has 1 heterocycles. The summed E-state index contributed by atoms with van der Waals surface area (Å²) >= 11 is 0. The van der Waals surface area contributed by atoms with Crippen molar-refractivity contribution in [2.75, 3.05) is 7.11 Å². The number of hydrogen-bond donors (Lipinski definition) is 0. The van der Waals surface area contributed by atoms with E-state index in [4.69, 9.17) is 9.15 Å². The summed E-state index contributed by atoms with van der Waals surface area (Å²) < 4.78 is 38.0. The second kappa shape index (κ2) is 7.08. The topological polar surface area (TPSA) is 22.4 Å². The molecule has 0 unspecified atom stereocenters. The molecule has 0 radical (unpaired) electrons. The molecule has 0 fully saturated rings. The first-order valence-electron chi connectivity index (χ1n) is 8.44. The molecule has 0 aliphatic carbocycles. The van der Waals surface area contributed by atoms with Crippen molar-refractivity contribution >= 4 is 0 Å². The number of rotatable bonds is 4. The van der Waals surface area contributed by atoms with E-state index in [1.54, 1.807) is 31.4 Å². The normalized spacial score (nSPS) is 10.8.